The largest absolute Gasteiger partial charge is 0.483 e. The number of anilines is 1. The summed E-state index contributed by atoms with van der Waals surface area (Å²) in [7, 11) is 0. The van der Waals surface area contributed by atoms with Gasteiger partial charge in [0.15, 0.2) is 5.78 Å². The molecule has 2 aliphatic rings. The maximum atomic E-state index is 12.6. The molecule has 0 radical (unpaired) electrons. The molecule has 0 spiro atoms. The zero-order valence-corrected chi connectivity index (χ0v) is 13.6. The summed E-state index contributed by atoms with van der Waals surface area (Å²) in [4.78, 5) is 19.3. The highest BCUT2D eigenvalue weighted by molar-refractivity contribution is 6.00. The van der Waals surface area contributed by atoms with Crippen molar-refractivity contribution in [2.45, 2.75) is 18.9 Å². The summed E-state index contributed by atoms with van der Waals surface area (Å²) < 4.78 is 6.04. The predicted octanol–water partition coefficient (Wildman–Crippen LogP) is 2.59. The van der Waals surface area contributed by atoms with E-state index >= 15 is 0 Å². The highest BCUT2D eigenvalue weighted by atomic mass is 16.5. The van der Waals surface area contributed by atoms with E-state index in [1.165, 1.54) is 0 Å². The van der Waals surface area contributed by atoms with E-state index in [0.29, 0.717) is 17.7 Å². The molecule has 0 saturated carbocycles. The molecule has 1 aromatic heterocycles. The van der Waals surface area contributed by atoms with Gasteiger partial charge in [-0.2, -0.15) is 0 Å². The molecule has 5 nitrogen and oxygen atoms in total. The van der Waals surface area contributed by atoms with Crippen molar-refractivity contribution in [3.8, 4) is 5.75 Å². The number of ketones is 1. The number of fused-ring (bicyclic) bond motifs is 1. The Balaban J connectivity index is 1.59. The van der Waals surface area contributed by atoms with E-state index in [2.05, 4.69) is 21.3 Å². The molecule has 1 fully saturated rings. The minimum atomic E-state index is -0.292. The zero-order chi connectivity index (χ0) is 16.4. The molecule has 5 heteroatoms. The fourth-order valence-electron chi connectivity index (χ4n) is 3.34. The molecular weight excluding hydrogens is 302 g/mol. The van der Waals surface area contributed by atoms with Crippen LogP contribution in [-0.4, -0.2) is 36.9 Å². The standard InChI is InChI=1S/C19H21N3O2/c23-17-13-19(16-4-1-2-8-21-16)24-18-6-5-14(12-15(17)18)22-10-3-7-20-9-11-22/h1-2,4-6,8,12,19-20H,3,7,9-11,13H2. The van der Waals surface area contributed by atoms with Gasteiger partial charge in [0.2, 0.25) is 0 Å². The van der Waals surface area contributed by atoms with Crippen LogP contribution in [-0.2, 0) is 0 Å². The number of rotatable bonds is 2. The molecule has 24 heavy (non-hydrogen) atoms. The number of aromatic nitrogens is 1. The van der Waals surface area contributed by atoms with Crippen LogP contribution in [0.5, 0.6) is 5.75 Å². The molecule has 2 aliphatic heterocycles. The summed E-state index contributed by atoms with van der Waals surface area (Å²) in [5.41, 5.74) is 2.60. The Morgan fingerprint density at radius 3 is 3.00 bits per heavy atom. The number of hydrogen-bond donors (Lipinski definition) is 1. The van der Waals surface area contributed by atoms with Crippen molar-refractivity contribution in [1.82, 2.24) is 10.3 Å². The van der Waals surface area contributed by atoms with Gasteiger partial charge in [-0.25, -0.2) is 0 Å². The predicted molar refractivity (Wildman–Crippen MR) is 92.7 cm³/mol. The number of carbonyl (C=O) groups is 1. The highest BCUT2D eigenvalue weighted by Crippen LogP contribution is 2.36. The second kappa shape index (κ2) is 6.61. The van der Waals surface area contributed by atoms with Crippen molar-refractivity contribution in [3.63, 3.8) is 0 Å². The third-order valence-corrected chi connectivity index (χ3v) is 4.63. The number of ether oxygens (including phenoxy) is 1. The van der Waals surface area contributed by atoms with E-state index in [1.54, 1.807) is 6.20 Å². The molecule has 0 amide bonds. The zero-order valence-electron chi connectivity index (χ0n) is 13.6. The average Bonchev–Trinajstić information content (AvgIpc) is 2.91. The second-order valence-corrected chi connectivity index (χ2v) is 6.26. The van der Waals surface area contributed by atoms with E-state index < -0.39 is 0 Å². The van der Waals surface area contributed by atoms with Gasteiger partial charge in [-0.1, -0.05) is 6.07 Å². The Kier molecular flexibility index (Phi) is 4.17. The molecule has 2 aromatic rings. The molecule has 1 unspecified atom stereocenters. The lowest BCUT2D eigenvalue weighted by Gasteiger charge is -2.28. The summed E-state index contributed by atoms with van der Waals surface area (Å²) in [6, 6.07) is 11.7. The van der Waals surface area contributed by atoms with Crippen molar-refractivity contribution in [2.75, 3.05) is 31.1 Å². The summed E-state index contributed by atoms with van der Waals surface area (Å²) in [6.07, 6.45) is 2.90. The number of nitrogens with zero attached hydrogens (tertiary/aromatic N) is 2. The number of Topliss-reactive ketones (excluding diaryl/α,β-unsaturated/α-hetero) is 1. The minimum absolute atomic E-state index is 0.127. The first kappa shape index (κ1) is 15.1. The van der Waals surface area contributed by atoms with Crippen molar-refractivity contribution in [3.05, 3.63) is 53.9 Å². The summed E-state index contributed by atoms with van der Waals surface area (Å²) in [5.74, 6) is 0.792. The maximum absolute atomic E-state index is 12.6. The average molecular weight is 323 g/mol. The van der Waals surface area contributed by atoms with Crippen LogP contribution < -0.4 is 15.0 Å². The Morgan fingerprint density at radius 2 is 2.12 bits per heavy atom. The van der Waals surface area contributed by atoms with E-state index in [4.69, 9.17) is 4.74 Å². The van der Waals surface area contributed by atoms with Gasteiger partial charge >= 0.3 is 0 Å². The van der Waals surface area contributed by atoms with Crippen LogP contribution in [0.2, 0.25) is 0 Å². The SMILES string of the molecule is O=C1CC(c2ccccn2)Oc2ccc(N3CCCNCC3)cc21. The third kappa shape index (κ3) is 2.99. The van der Waals surface area contributed by atoms with Gasteiger partial charge < -0.3 is 15.0 Å². The molecule has 0 bridgehead atoms. The fraction of sp³-hybridized carbons (Fsp3) is 0.368. The van der Waals surface area contributed by atoms with Gasteiger partial charge in [0.05, 0.1) is 17.7 Å². The molecule has 1 N–H and O–H groups in total. The van der Waals surface area contributed by atoms with E-state index in [0.717, 1.165) is 44.0 Å². The highest BCUT2D eigenvalue weighted by Gasteiger charge is 2.29. The summed E-state index contributed by atoms with van der Waals surface area (Å²) >= 11 is 0. The molecule has 3 heterocycles. The van der Waals surface area contributed by atoms with E-state index in [1.807, 2.05) is 30.3 Å². The monoisotopic (exact) mass is 323 g/mol. The van der Waals surface area contributed by atoms with Crippen molar-refractivity contribution < 1.29 is 9.53 Å². The maximum Gasteiger partial charge on any atom is 0.170 e. The van der Waals surface area contributed by atoms with Gasteiger partial charge in [-0.3, -0.25) is 9.78 Å². The van der Waals surface area contributed by atoms with Crippen LogP contribution in [0.3, 0.4) is 0 Å². The first-order valence-electron chi connectivity index (χ1n) is 8.52. The summed E-state index contributed by atoms with van der Waals surface area (Å²) in [5, 5.41) is 3.40. The molecule has 0 aliphatic carbocycles. The lowest BCUT2D eigenvalue weighted by Crippen LogP contribution is -2.28. The quantitative estimate of drug-likeness (QED) is 0.920. The molecule has 1 atom stereocenters. The minimum Gasteiger partial charge on any atom is -0.483 e. The number of carbonyl (C=O) groups excluding carboxylic acids is 1. The van der Waals surface area contributed by atoms with E-state index in [9.17, 15) is 4.79 Å². The van der Waals surface area contributed by atoms with Crippen LogP contribution in [0.15, 0.2) is 42.6 Å². The number of hydrogen-bond acceptors (Lipinski definition) is 5. The molecule has 1 aromatic carbocycles. The third-order valence-electron chi connectivity index (χ3n) is 4.63. The van der Waals surface area contributed by atoms with Crippen molar-refractivity contribution in [1.29, 1.82) is 0 Å². The molecule has 1 saturated heterocycles. The van der Waals surface area contributed by atoms with Gasteiger partial charge in [-0.15, -0.1) is 0 Å². The fourth-order valence-corrected chi connectivity index (χ4v) is 3.34. The normalized spacial score (nSPS) is 20.9. The second-order valence-electron chi connectivity index (χ2n) is 6.26. The van der Waals surface area contributed by atoms with Crippen molar-refractivity contribution in [2.24, 2.45) is 0 Å². The van der Waals surface area contributed by atoms with Gasteiger partial charge in [0.1, 0.15) is 11.9 Å². The number of pyridine rings is 1. The smallest absolute Gasteiger partial charge is 0.170 e. The van der Waals surface area contributed by atoms with Crippen LogP contribution in [0.1, 0.15) is 35.0 Å². The van der Waals surface area contributed by atoms with E-state index in [-0.39, 0.29) is 11.9 Å². The van der Waals surface area contributed by atoms with Gasteiger partial charge in [0.25, 0.3) is 0 Å². The van der Waals surface area contributed by atoms with Crippen LogP contribution >= 0.6 is 0 Å². The number of nitrogens with one attached hydrogen (secondary N) is 1. The molecule has 4 rings (SSSR count). The summed E-state index contributed by atoms with van der Waals surface area (Å²) in [6.45, 7) is 4.00. The first-order chi connectivity index (χ1) is 11.8. The van der Waals surface area contributed by atoms with Crippen LogP contribution in [0, 0.1) is 0 Å². The van der Waals surface area contributed by atoms with Gasteiger partial charge in [-0.05, 0) is 43.3 Å². The molecular formula is C19H21N3O2. The topological polar surface area (TPSA) is 54.5 Å². The Morgan fingerprint density at radius 1 is 1.17 bits per heavy atom. The Hall–Kier alpha value is -2.40. The lowest BCUT2D eigenvalue weighted by atomic mass is 9.98. The Bertz CT molecular complexity index is 725. The van der Waals surface area contributed by atoms with Crippen LogP contribution in [0.25, 0.3) is 0 Å². The van der Waals surface area contributed by atoms with Crippen molar-refractivity contribution >= 4 is 11.5 Å². The lowest BCUT2D eigenvalue weighted by molar-refractivity contribution is 0.0845. The Labute approximate surface area is 141 Å². The first-order valence-corrected chi connectivity index (χ1v) is 8.52. The number of benzene rings is 1. The molecule has 124 valence electrons. The van der Waals surface area contributed by atoms with Crippen LogP contribution in [0.4, 0.5) is 5.69 Å². The van der Waals surface area contributed by atoms with Gasteiger partial charge in [0, 0.05) is 31.5 Å².